The van der Waals surface area contributed by atoms with Gasteiger partial charge in [-0.25, -0.2) is 4.39 Å². The van der Waals surface area contributed by atoms with Crippen LogP contribution in [-0.2, 0) is 4.79 Å². The molecule has 2 nitrogen and oxygen atoms in total. The van der Waals surface area contributed by atoms with Crippen molar-refractivity contribution in [3.63, 3.8) is 0 Å². The summed E-state index contributed by atoms with van der Waals surface area (Å²) in [6, 6.07) is 4.36. The summed E-state index contributed by atoms with van der Waals surface area (Å²) in [4.78, 5) is 10.1. The van der Waals surface area contributed by atoms with Crippen LogP contribution in [0, 0.1) is 0 Å². The molecule has 0 aromatic heterocycles. The number of carbonyl (C=O) groups is 1. The number of hydrogen-bond donors (Lipinski definition) is 0. The van der Waals surface area contributed by atoms with Crippen LogP contribution in [0.5, 0.6) is 5.75 Å². The zero-order valence-corrected chi connectivity index (χ0v) is 7.72. The molecule has 4 heteroatoms. The smallest absolute Gasteiger partial charge is 0.180 e. The molecule has 0 saturated heterocycles. The van der Waals surface area contributed by atoms with Crippen LogP contribution in [0.1, 0.15) is 11.7 Å². The van der Waals surface area contributed by atoms with E-state index >= 15 is 0 Å². The van der Waals surface area contributed by atoms with Crippen molar-refractivity contribution >= 4 is 17.9 Å². The van der Waals surface area contributed by atoms with E-state index in [-0.39, 0.29) is 11.8 Å². The van der Waals surface area contributed by atoms with Gasteiger partial charge in [-0.1, -0.05) is 17.7 Å². The standard InChI is InChI=1S/C9H8ClFO2/c1-13-9-3-2-6(4-7(9)10)8(11)5-12/h2-5,8H,1H3. The van der Waals surface area contributed by atoms with Gasteiger partial charge in [0.25, 0.3) is 0 Å². The van der Waals surface area contributed by atoms with Gasteiger partial charge in [0.1, 0.15) is 5.75 Å². The summed E-state index contributed by atoms with van der Waals surface area (Å²) in [5.41, 5.74) is 0.237. The zero-order valence-electron chi connectivity index (χ0n) is 6.96. The SMILES string of the molecule is COc1ccc(C(F)C=O)cc1Cl. The molecule has 0 aliphatic rings. The minimum absolute atomic E-state index is 0.220. The zero-order chi connectivity index (χ0) is 9.84. The Morgan fingerprint density at radius 1 is 1.62 bits per heavy atom. The van der Waals surface area contributed by atoms with Crippen LogP contribution >= 0.6 is 11.6 Å². The summed E-state index contributed by atoms with van der Waals surface area (Å²) >= 11 is 5.72. The van der Waals surface area contributed by atoms with Crippen LogP contribution in [0.2, 0.25) is 5.02 Å². The fourth-order valence-electron chi connectivity index (χ4n) is 0.933. The maximum absolute atomic E-state index is 12.8. The van der Waals surface area contributed by atoms with E-state index in [2.05, 4.69) is 0 Å². The van der Waals surface area contributed by atoms with Crippen LogP contribution in [0.3, 0.4) is 0 Å². The van der Waals surface area contributed by atoms with Crippen molar-refractivity contribution in [2.75, 3.05) is 7.11 Å². The Balaban J connectivity index is 3.02. The van der Waals surface area contributed by atoms with Crippen LogP contribution in [0.15, 0.2) is 18.2 Å². The highest BCUT2D eigenvalue weighted by molar-refractivity contribution is 6.32. The summed E-state index contributed by atoms with van der Waals surface area (Å²) in [5, 5.41) is 0.296. The Morgan fingerprint density at radius 2 is 2.31 bits per heavy atom. The van der Waals surface area contributed by atoms with E-state index in [0.717, 1.165) is 0 Å². The molecule has 1 aromatic rings. The molecule has 0 radical (unpaired) electrons. The van der Waals surface area contributed by atoms with E-state index in [1.807, 2.05) is 0 Å². The summed E-state index contributed by atoms with van der Waals surface area (Å²) in [7, 11) is 1.47. The van der Waals surface area contributed by atoms with Gasteiger partial charge in [-0.15, -0.1) is 0 Å². The van der Waals surface area contributed by atoms with Gasteiger partial charge in [-0.2, -0.15) is 0 Å². The molecule has 70 valence electrons. The lowest BCUT2D eigenvalue weighted by Crippen LogP contribution is -1.93. The molecule has 0 bridgehead atoms. The molecule has 1 atom stereocenters. The third kappa shape index (κ3) is 2.18. The van der Waals surface area contributed by atoms with Crippen LogP contribution < -0.4 is 4.74 Å². The number of rotatable bonds is 3. The van der Waals surface area contributed by atoms with Crippen molar-refractivity contribution in [2.24, 2.45) is 0 Å². The van der Waals surface area contributed by atoms with Crippen molar-refractivity contribution in [3.05, 3.63) is 28.8 Å². The van der Waals surface area contributed by atoms with Crippen molar-refractivity contribution in [1.29, 1.82) is 0 Å². The number of benzene rings is 1. The van der Waals surface area contributed by atoms with E-state index in [1.165, 1.54) is 25.3 Å². The van der Waals surface area contributed by atoms with Gasteiger partial charge in [0.15, 0.2) is 12.5 Å². The molecule has 0 aliphatic carbocycles. The van der Waals surface area contributed by atoms with Crippen molar-refractivity contribution in [2.45, 2.75) is 6.17 Å². The second-order valence-corrected chi connectivity index (χ2v) is 2.84. The maximum atomic E-state index is 12.8. The van der Waals surface area contributed by atoms with E-state index in [1.54, 1.807) is 0 Å². The molecule has 1 aromatic carbocycles. The van der Waals surface area contributed by atoms with Gasteiger partial charge < -0.3 is 4.74 Å². The molecule has 0 fully saturated rings. The molecule has 0 aliphatic heterocycles. The van der Waals surface area contributed by atoms with Crippen molar-refractivity contribution in [3.8, 4) is 5.75 Å². The molecule has 1 rings (SSSR count). The molecular weight excluding hydrogens is 195 g/mol. The lowest BCUT2D eigenvalue weighted by Gasteiger charge is -2.05. The fraction of sp³-hybridized carbons (Fsp3) is 0.222. The highest BCUT2D eigenvalue weighted by atomic mass is 35.5. The Labute approximate surface area is 80.3 Å². The number of ether oxygens (including phenoxy) is 1. The van der Waals surface area contributed by atoms with Crippen molar-refractivity contribution < 1.29 is 13.9 Å². The first-order chi connectivity index (χ1) is 6.19. The topological polar surface area (TPSA) is 26.3 Å². The highest BCUT2D eigenvalue weighted by Gasteiger charge is 2.10. The normalized spacial score (nSPS) is 12.2. The second kappa shape index (κ2) is 4.23. The predicted molar refractivity (Wildman–Crippen MR) is 47.9 cm³/mol. The summed E-state index contributed by atoms with van der Waals surface area (Å²) in [6.45, 7) is 0. The van der Waals surface area contributed by atoms with Crippen LogP contribution in [-0.4, -0.2) is 13.4 Å². The third-order valence-electron chi connectivity index (χ3n) is 1.61. The largest absolute Gasteiger partial charge is 0.495 e. The first-order valence-electron chi connectivity index (χ1n) is 3.62. The van der Waals surface area contributed by atoms with Gasteiger partial charge in [-0.05, 0) is 17.7 Å². The molecule has 0 heterocycles. The molecule has 0 spiro atoms. The van der Waals surface area contributed by atoms with E-state index < -0.39 is 6.17 Å². The molecule has 13 heavy (non-hydrogen) atoms. The van der Waals surface area contributed by atoms with Gasteiger partial charge in [0, 0.05) is 0 Å². The van der Waals surface area contributed by atoms with Gasteiger partial charge in [-0.3, -0.25) is 4.79 Å². The lowest BCUT2D eigenvalue weighted by atomic mass is 10.1. The molecule has 1 unspecified atom stereocenters. The number of aldehydes is 1. The Bertz CT molecular complexity index is 314. The minimum atomic E-state index is -1.62. The quantitative estimate of drug-likeness (QED) is 0.705. The summed E-state index contributed by atoms with van der Waals surface area (Å²) in [6.07, 6.45) is -1.40. The molecule has 0 amide bonds. The molecule has 0 N–H and O–H groups in total. The molecule has 0 saturated carbocycles. The van der Waals surface area contributed by atoms with E-state index in [0.29, 0.717) is 10.8 Å². The predicted octanol–water partition coefficient (Wildman–Crippen LogP) is 2.56. The third-order valence-corrected chi connectivity index (χ3v) is 1.91. The number of halogens is 2. The van der Waals surface area contributed by atoms with E-state index in [9.17, 15) is 9.18 Å². The number of methoxy groups -OCH3 is 1. The van der Waals surface area contributed by atoms with Gasteiger partial charge in [0.05, 0.1) is 12.1 Å². The van der Waals surface area contributed by atoms with Crippen LogP contribution in [0.25, 0.3) is 0 Å². The first kappa shape index (κ1) is 9.99. The van der Waals surface area contributed by atoms with Gasteiger partial charge >= 0.3 is 0 Å². The number of alkyl halides is 1. The monoisotopic (exact) mass is 202 g/mol. The average Bonchev–Trinajstić information content (AvgIpc) is 2.16. The summed E-state index contributed by atoms with van der Waals surface area (Å²) < 4.78 is 17.7. The minimum Gasteiger partial charge on any atom is -0.495 e. The van der Waals surface area contributed by atoms with Crippen molar-refractivity contribution in [1.82, 2.24) is 0 Å². The van der Waals surface area contributed by atoms with Gasteiger partial charge in [0.2, 0.25) is 0 Å². The lowest BCUT2D eigenvalue weighted by molar-refractivity contribution is -0.112. The highest BCUT2D eigenvalue weighted by Crippen LogP contribution is 2.28. The average molecular weight is 203 g/mol. The first-order valence-corrected chi connectivity index (χ1v) is 3.99. The number of carbonyl (C=O) groups excluding carboxylic acids is 1. The fourth-order valence-corrected chi connectivity index (χ4v) is 1.20. The van der Waals surface area contributed by atoms with Crippen LogP contribution in [0.4, 0.5) is 4.39 Å². The number of hydrogen-bond acceptors (Lipinski definition) is 2. The Hall–Kier alpha value is -1.09. The Kier molecular flexibility index (Phi) is 3.25. The Morgan fingerprint density at radius 3 is 2.77 bits per heavy atom. The maximum Gasteiger partial charge on any atom is 0.180 e. The second-order valence-electron chi connectivity index (χ2n) is 2.43. The molecular formula is C9H8ClFO2. The summed E-state index contributed by atoms with van der Waals surface area (Å²) in [5.74, 6) is 0.462. The van der Waals surface area contributed by atoms with E-state index in [4.69, 9.17) is 16.3 Å².